The number of hydrogen-bond acceptors (Lipinski definition) is 4. The Morgan fingerprint density at radius 3 is 1.84 bits per heavy atom. The maximum atomic E-state index is 11.3. The van der Waals surface area contributed by atoms with Gasteiger partial charge in [-0.05, 0) is 29.3 Å². The van der Waals surface area contributed by atoms with Crippen LogP contribution in [0.1, 0.15) is 17.5 Å². The molecule has 160 valence electrons. The van der Waals surface area contributed by atoms with Crippen molar-refractivity contribution in [2.24, 2.45) is 0 Å². The Hall–Kier alpha value is -3.31. The van der Waals surface area contributed by atoms with E-state index in [9.17, 15) is 14.4 Å². The van der Waals surface area contributed by atoms with Crippen LogP contribution < -0.4 is 4.74 Å². The predicted molar refractivity (Wildman–Crippen MR) is 120 cm³/mol. The zero-order valence-electron chi connectivity index (χ0n) is 16.7. The van der Waals surface area contributed by atoms with E-state index in [1.165, 1.54) is 6.08 Å². The van der Waals surface area contributed by atoms with Crippen LogP contribution in [0.3, 0.4) is 0 Å². The molecule has 0 aliphatic rings. The highest BCUT2D eigenvalue weighted by molar-refractivity contribution is 7.46. The molecule has 3 aromatic rings. The van der Waals surface area contributed by atoms with Crippen LogP contribution in [0, 0.1) is 0 Å². The van der Waals surface area contributed by atoms with Crippen molar-refractivity contribution >= 4 is 20.0 Å². The molecule has 31 heavy (non-hydrogen) atoms. The Kier molecular flexibility index (Phi) is 8.07. The van der Waals surface area contributed by atoms with Crippen molar-refractivity contribution in [2.75, 3.05) is 6.61 Å². The second kappa shape index (κ2) is 11.2. The molecule has 0 heterocycles. The van der Waals surface area contributed by atoms with Crippen LogP contribution in [0.25, 0.3) is 12.2 Å². The SMILES string of the molecule is O=P(O)(O)OC(=Cc1ccccc1)OCCC(=Cc1ccccc1)Oc1ccccc1. The van der Waals surface area contributed by atoms with Gasteiger partial charge in [-0.1, -0.05) is 78.9 Å². The van der Waals surface area contributed by atoms with Crippen LogP contribution in [0.5, 0.6) is 5.75 Å². The van der Waals surface area contributed by atoms with Crippen LogP contribution in [-0.2, 0) is 13.8 Å². The first-order chi connectivity index (χ1) is 15.0. The lowest BCUT2D eigenvalue weighted by Crippen LogP contribution is -2.03. The highest BCUT2D eigenvalue weighted by atomic mass is 31.2. The molecular weight excluding hydrogens is 415 g/mol. The summed E-state index contributed by atoms with van der Waals surface area (Å²) < 4.78 is 27.6. The zero-order valence-corrected chi connectivity index (χ0v) is 17.6. The van der Waals surface area contributed by atoms with Gasteiger partial charge in [0.25, 0.3) is 5.95 Å². The Balaban J connectivity index is 1.73. The second-order valence-electron chi connectivity index (χ2n) is 6.49. The fourth-order valence-electron chi connectivity index (χ4n) is 2.68. The van der Waals surface area contributed by atoms with E-state index < -0.39 is 7.82 Å². The Morgan fingerprint density at radius 1 is 0.774 bits per heavy atom. The standard InChI is InChI=1S/C24H23O6P/c25-31(26,27)30-24(19-21-12-6-2-7-13-21)28-17-16-23(18-20-10-4-1-5-11-20)29-22-14-8-3-9-15-22/h1-15,18-19H,16-17H2,(H2,25,26,27). The monoisotopic (exact) mass is 438 g/mol. The van der Waals surface area contributed by atoms with E-state index >= 15 is 0 Å². The largest absolute Gasteiger partial charge is 0.527 e. The van der Waals surface area contributed by atoms with E-state index in [1.54, 1.807) is 24.3 Å². The molecular formula is C24H23O6P. The molecule has 7 heteroatoms. The molecule has 0 aromatic heterocycles. The van der Waals surface area contributed by atoms with Crippen LogP contribution >= 0.6 is 7.82 Å². The van der Waals surface area contributed by atoms with Crippen molar-refractivity contribution in [3.8, 4) is 5.75 Å². The summed E-state index contributed by atoms with van der Waals surface area (Å²) in [6.07, 6.45) is 3.67. The zero-order chi connectivity index (χ0) is 21.9. The van der Waals surface area contributed by atoms with E-state index in [1.807, 2.05) is 72.8 Å². The van der Waals surface area contributed by atoms with Crippen molar-refractivity contribution in [3.63, 3.8) is 0 Å². The van der Waals surface area contributed by atoms with E-state index in [4.69, 9.17) is 14.0 Å². The predicted octanol–water partition coefficient (Wildman–Crippen LogP) is 5.62. The van der Waals surface area contributed by atoms with Crippen molar-refractivity contribution < 1.29 is 28.3 Å². The van der Waals surface area contributed by atoms with Gasteiger partial charge in [-0.2, -0.15) is 0 Å². The van der Waals surface area contributed by atoms with Crippen molar-refractivity contribution in [1.29, 1.82) is 0 Å². The number of benzene rings is 3. The maximum Gasteiger partial charge on any atom is 0.527 e. The van der Waals surface area contributed by atoms with Crippen molar-refractivity contribution in [3.05, 3.63) is 114 Å². The number of phosphoric ester groups is 1. The van der Waals surface area contributed by atoms with E-state index in [-0.39, 0.29) is 12.6 Å². The summed E-state index contributed by atoms with van der Waals surface area (Å²) in [5.74, 6) is 1.04. The van der Waals surface area contributed by atoms with Gasteiger partial charge >= 0.3 is 7.82 Å². The third-order valence-electron chi connectivity index (χ3n) is 4.01. The minimum atomic E-state index is -4.77. The first kappa shape index (κ1) is 22.4. The van der Waals surface area contributed by atoms with Gasteiger partial charge < -0.3 is 14.0 Å². The van der Waals surface area contributed by atoms with Gasteiger partial charge in [0, 0.05) is 12.5 Å². The van der Waals surface area contributed by atoms with Gasteiger partial charge in [0.15, 0.2) is 0 Å². The Labute approximate surface area is 181 Å². The summed E-state index contributed by atoms with van der Waals surface area (Å²) >= 11 is 0. The number of rotatable bonds is 10. The highest BCUT2D eigenvalue weighted by Gasteiger charge is 2.19. The average molecular weight is 438 g/mol. The molecule has 3 aromatic carbocycles. The third-order valence-corrected chi connectivity index (χ3v) is 4.42. The average Bonchev–Trinajstić information content (AvgIpc) is 2.75. The van der Waals surface area contributed by atoms with Crippen molar-refractivity contribution in [2.45, 2.75) is 6.42 Å². The number of ether oxygens (including phenoxy) is 2. The van der Waals surface area contributed by atoms with Gasteiger partial charge in [-0.25, -0.2) is 4.57 Å². The molecule has 0 unspecified atom stereocenters. The molecule has 0 radical (unpaired) electrons. The number of hydrogen-bond donors (Lipinski definition) is 2. The Bertz CT molecular complexity index is 1040. The van der Waals surface area contributed by atoms with Crippen LogP contribution in [0.15, 0.2) is 103 Å². The van der Waals surface area contributed by atoms with E-state index in [0.717, 1.165) is 5.56 Å². The molecule has 0 aliphatic heterocycles. The smallest absolute Gasteiger partial charge is 0.465 e. The van der Waals surface area contributed by atoms with Crippen LogP contribution in [0.4, 0.5) is 0 Å². The molecule has 0 saturated heterocycles. The van der Waals surface area contributed by atoms with Gasteiger partial charge in [0.05, 0.1) is 6.61 Å². The van der Waals surface area contributed by atoms with E-state index in [2.05, 4.69) is 0 Å². The molecule has 0 saturated carbocycles. The summed E-state index contributed by atoms with van der Waals surface area (Å²) in [5.41, 5.74) is 1.64. The van der Waals surface area contributed by atoms with Gasteiger partial charge in [0.2, 0.25) is 0 Å². The lowest BCUT2D eigenvalue weighted by Gasteiger charge is -2.14. The molecule has 0 bridgehead atoms. The molecule has 3 rings (SSSR count). The minimum Gasteiger partial charge on any atom is -0.465 e. The lowest BCUT2D eigenvalue weighted by molar-refractivity contribution is 0.0862. The van der Waals surface area contributed by atoms with Gasteiger partial charge in [0.1, 0.15) is 11.5 Å². The van der Waals surface area contributed by atoms with Crippen LogP contribution in [-0.4, -0.2) is 16.4 Å². The Morgan fingerprint density at radius 2 is 1.29 bits per heavy atom. The highest BCUT2D eigenvalue weighted by Crippen LogP contribution is 2.39. The molecule has 6 nitrogen and oxygen atoms in total. The van der Waals surface area contributed by atoms with E-state index in [0.29, 0.717) is 23.5 Å². The third kappa shape index (κ3) is 8.52. The number of para-hydroxylation sites is 1. The first-order valence-corrected chi connectivity index (χ1v) is 11.1. The normalized spacial score (nSPS) is 12.3. The summed E-state index contributed by atoms with van der Waals surface area (Å²) in [7, 11) is -4.77. The lowest BCUT2D eigenvalue weighted by atomic mass is 10.2. The summed E-state index contributed by atoms with van der Waals surface area (Å²) in [6.45, 7) is 0.0875. The summed E-state index contributed by atoms with van der Waals surface area (Å²) in [4.78, 5) is 18.4. The molecule has 0 fully saturated rings. The molecule has 0 spiro atoms. The quantitative estimate of drug-likeness (QED) is 0.316. The molecule has 0 atom stereocenters. The molecule has 2 N–H and O–H groups in total. The fourth-order valence-corrected chi connectivity index (χ4v) is 3.02. The molecule has 0 aliphatic carbocycles. The summed E-state index contributed by atoms with van der Waals surface area (Å²) in [5, 5.41) is 0. The second-order valence-corrected chi connectivity index (χ2v) is 7.65. The van der Waals surface area contributed by atoms with Gasteiger partial charge in [-0.15, -0.1) is 0 Å². The maximum absolute atomic E-state index is 11.3. The van der Waals surface area contributed by atoms with Crippen molar-refractivity contribution in [1.82, 2.24) is 0 Å². The topological polar surface area (TPSA) is 85.2 Å². The van der Waals surface area contributed by atoms with Crippen LogP contribution in [0.2, 0.25) is 0 Å². The van der Waals surface area contributed by atoms with Gasteiger partial charge in [-0.3, -0.25) is 9.79 Å². The first-order valence-electron chi connectivity index (χ1n) is 9.61. The minimum absolute atomic E-state index is 0.0875. The fraction of sp³-hybridized carbons (Fsp3) is 0.0833. The number of phosphoric acid groups is 1. The summed E-state index contributed by atoms with van der Waals surface area (Å²) in [6, 6.07) is 28.0. The molecule has 0 amide bonds.